The molecule has 0 fully saturated rings. The summed E-state index contributed by atoms with van der Waals surface area (Å²) in [6.07, 6.45) is 0. The van der Waals surface area contributed by atoms with Crippen LogP contribution in [0.5, 0.6) is 0 Å². The van der Waals surface area contributed by atoms with Crippen molar-refractivity contribution in [2.24, 2.45) is 0 Å². The van der Waals surface area contributed by atoms with Gasteiger partial charge in [0.05, 0.1) is 11.4 Å². The van der Waals surface area contributed by atoms with E-state index in [1.165, 1.54) is 10.7 Å². The van der Waals surface area contributed by atoms with Gasteiger partial charge < -0.3 is 11.2 Å². The monoisotopic (exact) mass is 485 g/mol. The Morgan fingerprint density at radius 3 is 2.64 bits per heavy atom. The highest BCUT2D eigenvalue weighted by Gasteiger charge is 2.16. The lowest BCUT2D eigenvalue weighted by molar-refractivity contribution is -0.113. The van der Waals surface area contributed by atoms with E-state index in [9.17, 15) is 13.6 Å². The molecule has 6 nitrogen and oxygen atoms in total. The number of benzene rings is 2. The molecule has 146 valence electrons. The van der Waals surface area contributed by atoms with E-state index < -0.39 is 5.76 Å². The number of carbonyl (C=O) groups is 1. The Morgan fingerprint density at radius 2 is 1.89 bits per heavy atom. The highest BCUT2D eigenvalue weighted by atomic mass is 79.9. The fourth-order valence-corrected chi connectivity index (χ4v) is 4.00. The lowest BCUT2D eigenvalue weighted by Crippen LogP contribution is -2.17. The number of nitrogens with two attached hydrogens (primary N) is 1. The molecule has 0 unspecified atom stereocenters. The van der Waals surface area contributed by atoms with E-state index in [1.54, 1.807) is 18.2 Å². The van der Waals surface area contributed by atoms with Crippen LogP contribution in [-0.2, 0) is 4.79 Å². The molecule has 0 radical (unpaired) electrons. The molecule has 0 atom stereocenters. The minimum Gasteiger partial charge on any atom is -0.335 e. The summed E-state index contributed by atoms with van der Waals surface area (Å²) in [6.45, 7) is 0. The number of aromatic nitrogens is 3. The fourth-order valence-electron chi connectivity index (χ4n) is 2.29. The first-order valence-electron chi connectivity index (χ1n) is 7.87. The van der Waals surface area contributed by atoms with Gasteiger partial charge in [-0.2, -0.15) is 8.78 Å². The number of halogens is 3. The average Bonchev–Trinajstić information content (AvgIpc) is 3.02. The maximum Gasteiger partial charge on any atom is 0.288 e. The molecule has 0 aliphatic rings. The van der Waals surface area contributed by atoms with E-state index in [0.717, 1.165) is 21.8 Å². The van der Waals surface area contributed by atoms with E-state index in [0.29, 0.717) is 33.3 Å². The van der Waals surface area contributed by atoms with Gasteiger partial charge in [0, 0.05) is 14.9 Å². The van der Waals surface area contributed by atoms with Gasteiger partial charge in [-0.05, 0) is 24.3 Å². The molecule has 1 heterocycles. The molecular formula is C17H14BrF2N5OS2. The largest absolute Gasteiger partial charge is 0.335 e. The molecule has 1 amide bonds. The van der Waals surface area contributed by atoms with Crippen LogP contribution in [0.1, 0.15) is 0 Å². The Morgan fingerprint density at radius 1 is 1.18 bits per heavy atom. The summed E-state index contributed by atoms with van der Waals surface area (Å²) in [6, 6.07) is 13.8. The summed E-state index contributed by atoms with van der Waals surface area (Å²) in [7, 11) is 0. The number of amides is 1. The molecule has 2 aromatic carbocycles. The van der Waals surface area contributed by atoms with E-state index in [4.69, 9.17) is 5.84 Å². The van der Waals surface area contributed by atoms with Crippen LogP contribution in [0.4, 0.5) is 14.5 Å². The number of nitrogens with one attached hydrogen (secondary N) is 1. The van der Waals surface area contributed by atoms with E-state index in [2.05, 4.69) is 31.4 Å². The van der Waals surface area contributed by atoms with Crippen molar-refractivity contribution in [1.29, 1.82) is 0 Å². The van der Waals surface area contributed by atoms with Crippen molar-refractivity contribution < 1.29 is 13.6 Å². The van der Waals surface area contributed by atoms with Crippen LogP contribution in [0.15, 0.2) is 63.1 Å². The van der Waals surface area contributed by atoms with E-state index in [1.807, 2.05) is 24.3 Å². The Balaban J connectivity index is 1.66. The highest BCUT2D eigenvalue weighted by Crippen LogP contribution is 2.32. The van der Waals surface area contributed by atoms with Crippen molar-refractivity contribution >= 4 is 51.0 Å². The zero-order valence-corrected chi connectivity index (χ0v) is 17.4. The summed E-state index contributed by atoms with van der Waals surface area (Å²) >= 11 is 4.91. The minimum absolute atomic E-state index is 0.00102. The summed E-state index contributed by atoms with van der Waals surface area (Å²) < 4.78 is 27.4. The standard InChI is InChI=1S/C17H14BrF2N5OS2/c18-11-6-2-1-5-10(11)15-23-24-17(25(15)21)27-9-14(26)22-12-7-3-4-8-13(12)28-16(19)20/h1-8,16H,9,21H2,(H,22,26). The summed E-state index contributed by atoms with van der Waals surface area (Å²) in [5.74, 6) is 3.57. The van der Waals surface area contributed by atoms with Gasteiger partial charge >= 0.3 is 0 Å². The summed E-state index contributed by atoms with van der Waals surface area (Å²) in [5.41, 5.74) is 1.10. The number of thioether (sulfide) groups is 2. The predicted octanol–water partition coefficient (Wildman–Crippen LogP) is 4.47. The smallest absolute Gasteiger partial charge is 0.288 e. The number of nitrogens with zero attached hydrogens (tertiary/aromatic N) is 3. The third-order valence-corrected chi connectivity index (χ3v) is 5.91. The lowest BCUT2D eigenvalue weighted by atomic mass is 10.2. The van der Waals surface area contributed by atoms with Gasteiger partial charge in [0.15, 0.2) is 5.82 Å². The number of nitrogen functional groups attached to an aromatic ring is 1. The molecule has 0 saturated heterocycles. The normalized spacial score (nSPS) is 11.0. The summed E-state index contributed by atoms with van der Waals surface area (Å²) in [4.78, 5) is 12.5. The van der Waals surface area contributed by atoms with Crippen LogP contribution in [0.3, 0.4) is 0 Å². The number of rotatable bonds is 7. The van der Waals surface area contributed by atoms with Crippen molar-refractivity contribution in [3.63, 3.8) is 0 Å². The second kappa shape index (κ2) is 9.39. The lowest BCUT2D eigenvalue weighted by Gasteiger charge is -2.10. The number of carbonyl (C=O) groups excluding carboxylic acids is 1. The zero-order chi connectivity index (χ0) is 20.1. The Hall–Kier alpha value is -2.11. The number of alkyl halides is 2. The summed E-state index contributed by atoms with van der Waals surface area (Å²) in [5, 5.41) is 11.1. The molecule has 3 aromatic rings. The molecule has 0 bridgehead atoms. The van der Waals surface area contributed by atoms with Gasteiger partial charge in [-0.3, -0.25) is 4.79 Å². The average molecular weight is 486 g/mol. The quantitative estimate of drug-likeness (QED) is 0.379. The fraction of sp³-hybridized carbons (Fsp3) is 0.118. The first-order chi connectivity index (χ1) is 13.5. The predicted molar refractivity (Wildman–Crippen MR) is 111 cm³/mol. The SMILES string of the molecule is Nn1c(SCC(=O)Nc2ccccc2SC(F)F)nnc1-c1ccccc1Br. The van der Waals surface area contributed by atoms with Crippen molar-refractivity contribution in [3.05, 3.63) is 53.0 Å². The molecule has 0 aliphatic carbocycles. The van der Waals surface area contributed by atoms with Crippen LogP contribution in [-0.4, -0.2) is 32.3 Å². The molecule has 28 heavy (non-hydrogen) atoms. The van der Waals surface area contributed by atoms with Crippen LogP contribution in [0.25, 0.3) is 11.4 Å². The molecule has 3 N–H and O–H groups in total. The van der Waals surface area contributed by atoms with Crippen molar-refractivity contribution in [1.82, 2.24) is 14.9 Å². The van der Waals surface area contributed by atoms with E-state index >= 15 is 0 Å². The highest BCUT2D eigenvalue weighted by molar-refractivity contribution is 9.10. The number of para-hydroxylation sites is 1. The van der Waals surface area contributed by atoms with Crippen LogP contribution in [0, 0.1) is 0 Å². The van der Waals surface area contributed by atoms with Gasteiger partial charge in [0.1, 0.15) is 0 Å². The second-order valence-electron chi connectivity index (χ2n) is 5.37. The van der Waals surface area contributed by atoms with Crippen LogP contribution < -0.4 is 11.2 Å². The number of anilines is 1. The topological polar surface area (TPSA) is 85.8 Å². The zero-order valence-electron chi connectivity index (χ0n) is 14.2. The molecule has 1 aromatic heterocycles. The molecule has 0 aliphatic heterocycles. The Bertz CT molecular complexity index is 986. The molecule has 0 saturated carbocycles. The first-order valence-corrected chi connectivity index (χ1v) is 10.5. The van der Waals surface area contributed by atoms with Crippen LogP contribution >= 0.6 is 39.5 Å². The van der Waals surface area contributed by atoms with Gasteiger partial charge in [-0.25, -0.2) is 4.68 Å². The molecular weight excluding hydrogens is 472 g/mol. The maximum absolute atomic E-state index is 12.6. The van der Waals surface area contributed by atoms with Gasteiger partial charge in [-0.1, -0.05) is 63.7 Å². The third-order valence-electron chi connectivity index (χ3n) is 3.49. The van der Waals surface area contributed by atoms with Crippen molar-refractivity contribution in [2.75, 3.05) is 16.9 Å². The van der Waals surface area contributed by atoms with Crippen LogP contribution in [0.2, 0.25) is 0 Å². The number of hydrogen-bond donors (Lipinski definition) is 2. The Kier molecular flexibility index (Phi) is 6.92. The molecule has 0 spiro atoms. The number of hydrogen-bond acceptors (Lipinski definition) is 6. The first kappa shape index (κ1) is 20.6. The van der Waals surface area contributed by atoms with Crippen molar-refractivity contribution in [2.45, 2.75) is 15.8 Å². The Labute approximate surface area is 176 Å². The third kappa shape index (κ3) is 5.03. The van der Waals surface area contributed by atoms with Crippen molar-refractivity contribution in [3.8, 4) is 11.4 Å². The molecule has 3 rings (SSSR count). The van der Waals surface area contributed by atoms with E-state index in [-0.39, 0.29) is 11.7 Å². The molecule has 11 heteroatoms. The van der Waals surface area contributed by atoms with Gasteiger partial charge in [0.25, 0.3) is 5.76 Å². The van der Waals surface area contributed by atoms with Gasteiger partial charge in [0.2, 0.25) is 11.1 Å². The van der Waals surface area contributed by atoms with Gasteiger partial charge in [-0.15, -0.1) is 10.2 Å². The second-order valence-corrected chi connectivity index (χ2v) is 8.20. The minimum atomic E-state index is -2.57. The maximum atomic E-state index is 12.6.